The van der Waals surface area contributed by atoms with Crippen molar-refractivity contribution in [2.24, 2.45) is 5.73 Å². The molecule has 0 aromatic carbocycles. The smallest absolute Gasteiger partial charge is 0.325 e. The second kappa shape index (κ2) is 3.94. The topological polar surface area (TPSA) is 66.6 Å². The van der Waals surface area contributed by atoms with E-state index in [-0.39, 0.29) is 0 Å². The summed E-state index contributed by atoms with van der Waals surface area (Å²) in [6.07, 6.45) is 8.42. The summed E-state index contributed by atoms with van der Waals surface area (Å²) < 4.78 is 0. The van der Waals surface area contributed by atoms with Crippen molar-refractivity contribution in [1.29, 1.82) is 0 Å². The highest BCUT2D eigenvalue weighted by atomic mass is 16.4. The van der Waals surface area contributed by atoms with Crippen LogP contribution in [0.15, 0.2) is 12.2 Å². The Morgan fingerprint density at radius 3 is 2.93 bits per heavy atom. The van der Waals surface area contributed by atoms with Crippen molar-refractivity contribution < 1.29 is 9.90 Å². The molecular formula is C11H18N2O2. The van der Waals surface area contributed by atoms with Gasteiger partial charge in [0.15, 0.2) is 0 Å². The highest BCUT2D eigenvalue weighted by Gasteiger charge is 2.42. The molecule has 84 valence electrons. The van der Waals surface area contributed by atoms with E-state index in [4.69, 9.17) is 10.8 Å². The molecule has 0 spiro atoms. The molecule has 2 unspecified atom stereocenters. The lowest BCUT2D eigenvalue weighted by Gasteiger charge is -2.28. The summed E-state index contributed by atoms with van der Waals surface area (Å²) in [6.45, 7) is 1.29. The van der Waals surface area contributed by atoms with E-state index in [0.717, 1.165) is 19.4 Å². The fourth-order valence-corrected chi connectivity index (χ4v) is 2.42. The van der Waals surface area contributed by atoms with Gasteiger partial charge in [-0.2, -0.15) is 0 Å². The number of nitrogens with zero attached hydrogens (tertiary/aromatic N) is 1. The number of carboxylic acids is 1. The lowest BCUT2D eigenvalue weighted by molar-refractivity contribution is -0.142. The molecule has 1 heterocycles. The Morgan fingerprint density at radius 1 is 1.60 bits per heavy atom. The maximum absolute atomic E-state index is 11.0. The lowest BCUT2D eigenvalue weighted by atomic mass is 10.00. The van der Waals surface area contributed by atoms with Crippen LogP contribution in [0.25, 0.3) is 0 Å². The number of allylic oxidation sites excluding steroid dienone is 1. The molecule has 0 bridgehead atoms. The Hall–Kier alpha value is -0.870. The SMILES string of the molecule is NC1(C(=O)O)CCN(C2C=CCCC2)C1. The third-order valence-electron chi connectivity index (χ3n) is 3.45. The molecule has 1 saturated heterocycles. The van der Waals surface area contributed by atoms with Gasteiger partial charge >= 0.3 is 5.97 Å². The third kappa shape index (κ3) is 2.06. The van der Waals surface area contributed by atoms with E-state index < -0.39 is 11.5 Å². The average molecular weight is 210 g/mol. The first-order valence-corrected chi connectivity index (χ1v) is 5.55. The van der Waals surface area contributed by atoms with E-state index in [1.807, 2.05) is 0 Å². The predicted molar refractivity (Wildman–Crippen MR) is 57.5 cm³/mol. The number of nitrogens with two attached hydrogens (primary N) is 1. The van der Waals surface area contributed by atoms with Gasteiger partial charge < -0.3 is 10.8 Å². The number of likely N-dealkylation sites (tertiary alicyclic amines) is 1. The minimum Gasteiger partial charge on any atom is -0.480 e. The summed E-state index contributed by atoms with van der Waals surface area (Å²) in [5.41, 5.74) is 4.81. The van der Waals surface area contributed by atoms with E-state index in [1.54, 1.807) is 0 Å². The molecule has 0 amide bonds. The van der Waals surface area contributed by atoms with Gasteiger partial charge in [-0.15, -0.1) is 0 Å². The van der Waals surface area contributed by atoms with Crippen LogP contribution in [-0.4, -0.2) is 40.6 Å². The average Bonchev–Trinajstić information content (AvgIpc) is 2.64. The molecule has 0 aromatic rings. The van der Waals surface area contributed by atoms with Crippen LogP contribution in [0, 0.1) is 0 Å². The molecule has 0 radical (unpaired) electrons. The van der Waals surface area contributed by atoms with Crippen LogP contribution in [0.1, 0.15) is 25.7 Å². The first kappa shape index (κ1) is 10.6. The molecule has 1 fully saturated rings. The van der Waals surface area contributed by atoms with Crippen LogP contribution >= 0.6 is 0 Å². The fraction of sp³-hybridized carbons (Fsp3) is 0.727. The van der Waals surface area contributed by atoms with Crippen LogP contribution in [0.2, 0.25) is 0 Å². The number of aliphatic carboxylic acids is 1. The summed E-state index contributed by atoms with van der Waals surface area (Å²) in [4.78, 5) is 13.2. The molecule has 1 aliphatic carbocycles. The van der Waals surface area contributed by atoms with E-state index in [9.17, 15) is 4.79 Å². The van der Waals surface area contributed by atoms with Crippen molar-refractivity contribution in [2.75, 3.05) is 13.1 Å². The minimum atomic E-state index is -1.02. The molecule has 0 saturated carbocycles. The zero-order valence-corrected chi connectivity index (χ0v) is 8.85. The molecule has 3 N–H and O–H groups in total. The second-order valence-corrected chi connectivity index (χ2v) is 4.61. The maximum Gasteiger partial charge on any atom is 0.325 e. The van der Waals surface area contributed by atoms with Crippen LogP contribution < -0.4 is 5.73 Å². The summed E-state index contributed by atoms with van der Waals surface area (Å²) in [6, 6.07) is 0.406. The summed E-state index contributed by atoms with van der Waals surface area (Å²) in [7, 11) is 0. The van der Waals surface area contributed by atoms with Crippen molar-refractivity contribution in [3.63, 3.8) is 0 Å². The summed E-state index contributed by atoms with van der Waals surface area (Å²) in [5.74, 6) is -0.871. The molecule has 0 aromatic heterocycles. The van der Waals surface area contributed by atoms with Crippen molar-refractivity contribution in [3.8, 4) is 0 Å². The maximum atomic E-state index is 11.0. The van der Waals surface area contributed by atoms with Crippen LogP contribution in [0.5, 0.6) is 0 Å². The van der Waals surface area contributed by atoms with Crippen LogP contribution in [0.4, 0.5) is 0 Å². The first-order chi connectivity index (χ1) is 7.12. The standard InChI is InChI=1S/C11H18N2O2/c12-11(10(14)15)6-7-13(8-11)9-4-2-1-3-5-9/h2,4,9H,1,3,5-8,12H2,(H,14,15). The van der Waals surface area contributed by atoms with Crippen molar-refractivity contribution >= 4 is 5.97 Å². The molecule has 2 aliphatic rings. The summed E-state index contributed by atoms with van der Waals surface area (Å²) >= 11 is 0. The van der Waals surface area contributed by atoms with Crippen LogP contribution in [-0.2, 0) is 4.79 Å². The molecule has 2 rings (SSSR count). The number of carboxylic acid groups (broad SMARTS) is 1. The number of carbonyl (C=O) groups is 1. The second-order valence-electron chi connectivity index (χ2n) is 4.61. The number of hydrogen-bond donors (Lipinski definition) is 2. The highest BCUT2D eigenvalue weighted by molar-refractivity contribution is 5.79. The van der Waals surface area contributed by atoms with Gasteiger partial charge in [0.05, 0.1) is 0 Å². The predicted octanol–water partition coefficient (Wildman–Crippen LogP) is 0.583. The largest absolute Gasteiger partial charge is 0.480 e. The lowest BCUT2D eigenvalue weighted by Crippen LogP contribution is -2.51. The van der Waals surface area contributed by atoms with E-state index in [2.05, 4.69) is 17.1 Å². The molecule has 4 heteroatoms. The number of hydrogen-bond acceptors (Lipinski definition) is 3. The Morgan fingerprint density at radius 2 is 2.40 bits per heavy atom. The van der Waals surface area contributed by atoms with Crippen molar-refractivity contribution in [2.45, 2.75) is 37.3 Å². The van der Waals surface area contributed by atoms with Gasteiger partial charge in [-0.25, -0.2) is 0 Å². The van der Waals surface area contributed by atoms with Gasteiger partial charge in [0.25, 0.3) is 0 Å². The molecular weight excluding hydrogens is 192 g/mol. The summed E-state index contributed by atoms with van der Waals surface area (Å²) in [5, 5.41) is 9.02. The van der Waals surface area contributed by atoms with Gasteiger partial charge in [-0.1, -0.05) is 12.2 Å². The Balaban J connectivity index is 2.00. The quantitative estimate of drug-likeness (QED) is 0.654. The van der Waals surface area contributed by atoms with E-state index in [1.165, 1.54) is 6.42 Å². The fourth-order valence-electron chi connectivity index (χ4n) is 2.42. The Labute approximate surface area is 89.7 Å². The molecule has 4 nitrogen and oxygen atoms in total. The minimum absolute atomic E-state index is 0.406. The monoisotopic (exact) mass is 210 g/mol. The van der Waals surface area contributed by atoms with E-state index in [0.29, 0.717) is 19.0 Å². The van der Waals surface area contributed by atoms with Gasteiger partial charge in [-0.3, -0.25) is 9.69 Å². The molecule has 15 heavy (non-hydrogen) atoms. The zero-order valence-electron chi connectivity index (χ0n) is 8.85. The van der Waals surface area contributed by atoms with Gasteiger partial charge in [0, 0.05) is 19.1 Å². The first-order valence-electron chi connectivity index (χ1n) is 5.55. The Bertz CT molecular complexity index is 290. The molecule has 1 aliphatic heterocycles. The van der Waals surface area contributed by atoms with Crippen molar-refractivity contribution in [1.82, 2.24) is 4.90 Å². The van der Waals surface area contributed by atoms with Crippen LogP contribution in [0.3, 0.4) is 0 Å². The van der Waals surface area contributed by atoms with Crippen molar-refractivity contribution in [3.05, 3.63) is 12.2 Å². The Kier molecular flexibility index (Phi) is 2.80. The van der Waals surface area contributed by atoms with Gasteiger partial charge in [-0.05, 0) is 25.7 Å². The zero-order chi connectivity index (χ0) is 10.9. The van der Waals surface area contributed by atoms with Gasteiger partial charge in [0.1, 0.15) is 5.54 Å². The molecule has 2 atom stereocenters. The van der Waals surface area contributed by atoms with E-state index >= 15 is 0 Å². The van der Waals surface area contributed by atoms with Gasteiger partial charge in [0.2, 0.25) is 0 Å². The normalized spacial score (nSPS) is 37.0. The number of rotatable bonds is 2. The highest BCUT2D eigenvalue weighted by Crippen LogP contribution is 2.25. The third-order valence-corrected chi connectivity index (χ3v) is 3.45.